The van der Waals surface area contributed by atoms with Crippen molar-refractivity contribution in [2.75, 3.05) is 14.2 Å². The first kappa shape index (κ1) is 30.5. The molecule has 0 spiro atoms. The van der Waals surface area contributed by atoms with Crippen molar-refractivity contribution in [3.05, 3.63) is 47.0 Å². The average Bonchev–Trinajstić information content (AvgIpc) is 2.93. The lowest BCUT2D eigenvalue weighted by atomic mass is 9.66. The molecule has 0 amide bonds. The third-order valence-corrected chi connectivity index (χ3v) is 8.68. The predicted octanol–water partition coefficient (Wildman–Crippen LogP) is 6.23. The molecule has 5 unspecified atom stereocenters. The Kier molecular flexibility index (Phi) is 10.4. The lowest BCUT2D eigenvalue weighted by Gasteiger charge is -2.43. The van der Waals surface area contributed by atoms with Gasteiger partial charge in [-0.1, -0.05) is 32.3 Å². The second-order valence-electron chi connectivity index (χ2n) is 11.5. The number of carbonyl (C=O) groups excluding carboxylic acids is 2. The van der Waals surface area contributed by atoms with Crippen molar-refractivity contribution >= 4 is 11.9 Å². The highest BCUT2D eigenvalue weighted by atomic mass is 16.6. The van der Waals surface area contributed by atoms with Crippen molar-refractivity contribution in [3.8, 4) is 23.0 Å². The number of hydrogen-bond acceptors (Lipinski definition) is 8. The van der Waals surface area contributed by atoms with Crippen molar-refractivity contribution in [1.29, 1.82) is 0 Å². The molecule has 0 saturated heterocycles. The zero-order valence-electron chi connectivity index (χ0n) is 24.7. The van der Waals surface area contributed by atoms with E-state index in [1.165, 1.54) is 21.1 Å². The maximum absolute atomic E-state index is 12.9. The molecule has 8 nitrogen and oxygen atoms in total. The summed E-state index contributed by atoms with van der Waals surface area (Å²) in [5.74, 6) is 0.577. The topological polar surface area (TPSA) is 112 Å². The number of unbranched alkanes of at least 4 members (excludes halogenated alkanes) is 3. The maximum Gasteiger partial charge on any atom is 0.306 e. The van der Waals surface area contributed by atoms with Crippen LogP contribution in [0.4, 0.5) is 0 Å². The van der Waals surface area contributed by atoms with E-state index in [9.17, 15) is 19.8 Å². The van der Waals surface area contributed by atoms with Crippen LogP contribution in [0, 0.1) is 11.8 Å². The van der Waals surface area contributed by atoms with E-state index >= 15 is 0 Å². The average molecular weight is 569 g/mol. The van der Waals surface area contributed by atoms with Crippen molar-refractivity contribution in [1.82, 2.24) is 0 Å². The summed E-state index contributed by atoms with van der Waals surface area (Å²) in [5.41, 5.74) is 3.12. The van der Waals surface area contributed by atoms with Crippen molar-refractivity contribution in [3.63, 3.8) is 0 Å². The molecule has 0 heterocycles. The minimum absolute atomic E-state index is 0.00628. The number of phenols is 2. The molecule has 5 atom stereocenters. The summed E-state index contributed by atoms with van der Waals surface area (Å²) in [6.45, 7) is 3.56. The van der Waals surface area contributed by atoms with Crippen LogP contribution in [-0.4, -0.2) is 48.6 Å². The van der Waals surface area contributed by atoms with E-state index in [0.29, 0.717) is 43.6 Å². The first-order chi connectivity index (χ1) is 19.7. The largest absolute Gasteiger partial charge is 0.504 e. The fraction of sp³-hybridized carbons (Fsp3) is 0.576. The van der Waals surface area contributed by atoms with Crippen LogP contribution in [-0.2, 0) is 31.9 Å². The van der Waals surface area contributed by atoms with Gasteiger partial charge in [0.25, 0.3) is 0 Å². The van der Waals surface area contributed by atoms with Gasteiger partial charge in [0, 0.05) is 25.7 Å². The summed E-state index contributed by atoms with van der Waals surface area (Å²) in [4.78, 5) is 25.2. The number of carbonyl (C=O) groups is 2. The number of hydrogen-bond donors (Lipinski definition) is 2. The Morgan fingerprint density at radius 3 is 2.29 bits per heavy atom. The van der Waals surface area contributed by atoms with Gasteiger partial charge in [-0.25, -0.2) is 0 Å². The van der Waals surface area contributed by atoms with Gasteiger partial charge in [-0.05, 0) is 84.9 Å². The summed E-state index contributed by atoms with van der Waals surface area (Å²) < 4.78 is 22.8. The van der Waals surface area contributed by atoms with Gasteiger partial charge >= 0.3 is 11.9 Å². The van der Waals surface area contributed by atoms with E-state index in [1.807, 2.05) is 18.2 Å². The molecule has 2 aromatic rings. The van der Waals surface area contributed by atoms with Gasteiger partial charge in [-0.15, -0.1) is 0 Å². The zero-order valence-corrected chi connectivity index (χ0v) is 24.7. The summed E-state index contributed by atoms with van der Waals surface area (Å²) in [5, 5.41) is 20.7. The van der Waals surface area contributed by atoms with Gasteiger partial charge < -0.3 is 29.2 Å². The van der Waals surface area contributed by atoms with Crippen molar-refractivity contribution in [2.45, 2.75) is 96.2 Å². The smallest absolute Gasteiger partial charge is 0.306 e. The second kappa shape index (κ2) is 14.0. The van der Waals surface area contributed by atoms with Gasteiger partial charge in [0.1, 0.15) is 12.2 Å². The van der Waals surface area contributed by atoms with Gasteiger partial charge in [0.15, 0.2) is 23.0 Å². The van der Waals surface area contributed by atoms with E-state index in [1.54, 1.807) is 12.1 Å². The molecule has 2 aromatic carbocycles. The van der Waals surface area contributed by atoms with Gasteiger partial charge in [0.05, 0.1) is 14.2 Å². The standard InChI is InChI=1S/C33H44O8/c1-5-6-7-8-9-33(37)41-26-14-22(21-10-11-28(35)31(17-21)38-3)12-25-13-23-16-29(36)32(39-4)18-24(23)15-27(25)30(19-26)40-20(2)34/h10-11,16-18,22,25-27,30,35-36H,5-9,12-15,19H2,1-4H3. The highest BCUT2D eigenvalue weighted by Gasteiger charge is 2.42. The Balaban J connectivity index is 1.68. The van der Waals surface area contributed by atoms with Gasteiger partial charge in [0.2, 0.25) is 0 Å². The van der Waals surface area contributed by atoms with Crippen molar-refractivity contribution < 1.29 is 38.7 Å². The van der Waals surface area contributed by atoms with Gasteiger partial charge in [-0.2, -0.15) is 0 Å². The van der Waals surface area contributed by atoms with Crippen LogP contribution >= 0.6 is 0 Å². The number of rotatable bonds is 10. The second-order valence-corrected chi connectivity index (χ2v) is 11.5. The van der Waals surface area contributed by atoms with E-state index in [2.05, 4.69) is 6.92 Å². The summed E-state index contributed by atoms with van der Waals surface area (Å²) in [6.07, 6.45) is 6.58. The summed E-state index contributed by atoms with van der Waals surface area (Å²) in [7, 11) is 3.06. The molecular formula is C33H44O8. The molecule has 224 valence electrons. The first-order valence-electron chi connectivity index (χ1n) is 14.8. The number of phenolic OH excluding ortho intramolecular Hbond substituents is 2. The predicted molar refractivity (Wildman–Crippen MR) is 154 cm³/mol. The first-order valence-corrected chi connectivity index (χ1v) is 14.8. The number of methoxy groups -OCH3 is 2. The fourth-order valence-electron chi connectivity index (χ4n) is 6.66. The lowest BCUT2D eigenvalue weighted by molar-refractivity contribution is -0.160. The number of aromatic hydroxyl groups is 2. The van der Waals surface area contributed by atoms with Crippen LogP contribution in [0.2, 0.25) is 0 Å². The Hall–Kier alpha value is -3.42. The Morgan fingerprint density at radius 2 is 1.59 bits per heavy atom. The SMILES string of the molecule is CCCCCCC(=O)OC1CC(c2ccc(O)c(OC)c2)CC2Cc3cc(O)c(OC)cc3CC2C(OC(C)=O)C1. The molecule has 2 aliphatic rings. The molecule has 0 aliphatic heterocycles. The van der Waals surface area contributed by atoms with E-state index in [0.717, 1.165) is 48.8 Å². The van der Waals surface area contributed by atoms with Gasteiger partial charge in [-0.3, -0.25) is 9.59 Å². The number of esters is 2. The summed E-state index contributed by atoms with van der Waals surface area (Å²) >= 11 is 0. The Labute approximate surface area is 243 Å². The molecule has 2 N–H and O–H groups in total. The zero-order chi connectivity index (χ0) is 29.5. The van der Waals surface area contributed by atoms with Crippen LogP contribution in [0.3, 0.4) is 0 Å². The maximum atomic E-state index is 12.9. The minimum atomic E-state index is -0.431. The lowest BCUT2D eigenvalue weighted by Crippen LogP contribution is -2.43. The summed E-state index contributed by atoms with van der Waals surface area (Å²) in [6, 6.07) is 9.06. The highest BCUT2D eigenvalue weighted by Crippen LogP contribution is 2.46. The van der Waals surface area contributed by atoms with E-state index in [-0.39, 0.29) is 41.2 Å². The van der Waals surface area contributed by atoms with Crippen LogP contribution in [0.5, 0.6) is 23.0 Å². The molecule has 1 saturated carbocycles. The number of fused-ring (bicyclic) bond motifs is 2. The molecule has 8 heteroatoms. The van der Waals surface area contributed by atoms with Crippen LogP contribution in [0.15, 0.2) is 30.3 Å². The highest BCUT2D eigenvalue weighted by molar-refractivity contribution is 5.69. The van der Waals surface area contributed by atoms with Crippen LogP contribution in [0.1, 0.15) is 87.8 Å². The van der Waals surface area contributed by atoms with Crippen molar-refractivity contribution in [2.24, 2.45) is 11.8 Å². The molecule has 1 fully saturated rings. The number of ether oxygens (including phenoxy) is 4. The molecule has 0 bridgehead atoms. The van der Waals surface area contributed by atoms with E-state index < -0.39 is 12.2 Å². The Morgan fingerprint density at radius 1 is 0.854 bits per heavy atom. The fourth-order valence-corrected chi connectivity index (χ4v) is 6.66. The molecule has 41 heavy (non-hydrogen) atoms. The van der Waals surface area contributed by atoms with Crippen LogP contribution in [0.25, 0.3) is 0 Å². The monoisotopic (exact) mass is 568 g/mol. The quantitative estimate of drug-likeness (QED) is 0.256. The minimum Gasteiger partial charge on any atom is -0.504 e. The molecule has 4 rings (SSSR count). The molecular weight excluding hydrogens is 524 g/mol. The van der Waals surface area contributed by atoms with Crippen LogP contribution < -0.4 is 9.47 Å². The number of benzene rings is 2. The molecule has 0 aromatic heterocycles. The Bertz CT molecular complexity index is 1210. The van der Waals surface area contributed by atoms with E-state index in [4.69, 9.17) is 18.9 Å². The molecule has 0 radical (unpaired) electrons. The third kappa shape index (κ3) is 7.66. The normalized spacial score (nSPS) is 23.8. The molecule has 2 aliphatic carbocycles. The third-order valence-electron chi connectivity index (χ3n) is 8.68.